The Labute approximate surface area is 334 Å². The van der Waals surface area contributed by atoms with Crippen LogP contribution in [-0.4, -0.2) is 18.9 Å². The Kier molecular flexibility index (Phi) is 7.20. The van der Waals surface area contributed by atoms with Gasteiger partial charge in [-0.25, -0.2) is 9.97 Å². The van der Waals surface area contributed by atoms with Gasteiger partial charge in [0.1, 0.15) is 11.5 Å². The van der Waals surface area contributed by atoms with Crippen LogP contribution in [0.2, 0.25) is 0 Å². The summed E-state index contributed by atoms with van der Waals surface area (Å²) in [5, 5.41) is 5.82. The van der Waals surface area contributed by atoms with Crippen molar-refractivity contribution in [1.29, 1.82) is 0 Å². The molecular formula is C54H34N4. The zero-order valence-corrected chi connectivity index (χ0v) is 31.4. The van der Waals surface area contributed by atoms with Gasteiger partial charge in [0.05, 0.1) is 33.3 Å². The van der Waals surface area contributed by atoms with Crippen LogP contribution >= 0.6 is 0 Å². The molecule has 4 heteroatoms. The zero-order valence-electron chi connectivity index (χ0n) is 31.4. The summed E-state index contributed by atoms with van der Waals surface area (Å²) in [5.41, 5.74) is 15.3. The smallest absolute Gasteiger partial charge is 0.146 e. The molecule has 270 valence electrons. The van der Waals surface area contributed by atoms with E-state index in [4.69, 9.17) is 9.97 Å². The van der Waals surface area contributed by atoms with Gasteiger partial charge in [0, 0.05) is 27.1 Å². The SMILES string of the molecule is c1ccc(-c2cccc(-c3cc(-c4cccc(-c5ccccc5)c4)nc(-n4c5ccccc5c5ccc6c(c7ccccc7c7nc8ccccc8n67)c54)c3)c2)cc1. The predicted molar refractivity (Wildman–Crippen MR) is 242 cm³/mol. The van der Waals surface area contributed by atoms with E-state index in [0.29, 0.717) is 0 Å². The number of imidazole rings is 1. The van der Waals surface area contributed by atoms with Crippen molar-refractivity contribution in [2.75, 3.05) is 0 Å². The van der Waals surface area contributed by atoms with Crippen LogP contribution in [0.3, 0.4) is 0 Å². The monoisotopic (exact) mass is 738 g/mol. The number of hydrogen-bond donors (Lipinski definition) is 0. The summed E-state index contributed by atoms with van der Waals surface area (Å²) in [4.78, 5) is 10.8. The van der Waals surface area contributed by atoms with Crippen LogP contribution in [0.5, 0.6) is 0 Å². The van der Waals surface area contributed by atoms with Gasteiger partial charge in [-0.3, -0.25) is 8.97 Å². The van der Waals surface area contributed by atoms with E-state index in [1.807, 2.05) is 0 Å². The van der Waals surface area contributed by atoms with Gasteiger partial charge in [-0.05, 0) is 87.3 Å². The molecule has 12 rings (SSSR count). The number of pyridine rings is 2. The van der Waals surface area contributed by atoms with Crippen LogP contribution in [0.25, 0.3) is 111 Å². The van der Waals surface area contributed by atoms with Crippen molar-refractivity contribution in [1.82, 2.24) is 18.9 Å². The summed E-state index contributed by atoms with van der Waals surface area (Å²) < 4.78 is 4.74. The highest BCUT2D eigenvalue weighted by molar-refractivity contribution is 6.27. The van der Waals surface area contributed by atoms with Gasteiger partial charge in [-0.15, -0.1) is 0 Å². The molecule has 0 atom stereocenters. The highest BCUT2D eigenvalue weighted by Gasteiger charge is 2.22. The lowest BCUT2D eigenvalue weighted by atomic mass is 9.97. The minimum absolute atomic E-state index is 0.862. The van der Waals surface area contributed by atoms with Crippen molar-refractivity contribution < 1.29 is 0 Å². The highest BCUT2D eigenvalue weighted by Crippen LogP contribution is 2.42. The van der Waals surface area contributed by atoms with Gasteiger partial charge in [-0.2, -0.15) is 0 Å². The van der Waals surface area contributed by atoms with Crippen molar-refractivity contribution in [3.05, 3.63) is 206 Å². The lowest BCUT2D eigenvalue weighted by molar-refractivity contribution is 1.09. The standard InChI is InChI=1S/C54H34N4/c1-3-15-35(16-4-1)37-19-13-21-39(31-37)41-33-47(40-22-14-20-38(32-40)36-17-5-2-6-18-36)55-51(34-41)58-48-27-11-9-23-42(48)44-29-30-50-52(53(44)58)43-24-7-8-25-45(43)54-56-46-26-10-12-28-49(46)57(50)54/h1-34H. The molecule has 4 aromatic heterocycles. The van der Waals surface area contributed by atoms with Crippen molar-refractivity contribution in [3.63, 3.8) is 0 Å². The minimum Gasteiger partial charge on any atom is -0.293 e. The average Bonchev–Trinajstić information content (AvgIpc) is 3.86. The van der Waals surface area contributed by atoms with Gasteiger partial charge in [0.15, 0.2) is 0 Å². The van der Waals surface area contributed by atoms with Gasteiger partial charge < -0.3 is 0 Å². The zero-order chi connectivity index (χ0) is 38.2. The molecule has 0 saturated heterocycles. The number of para-hydroxylation sites is 3. The second-order valence-electron chi connectivity index (χ2n) is 15.0. The molecule has 0 bridgehead atoms. The van der Waals surface area contributed by atoms with Crippen LogP contribution in [0.1, 0.15) is 0 Å². The largest absolute Gasteiger partial charge is 0.293 e. The fourth-order valence-corrected chi connectivity index (χ4v) is 9.03. The molecule has 0 unspecified atom stereocenters. The third-order valence-corrected chi connectivity index (χ3v) is 11.7. The summed E-state index contributed by atoms with van der Waals surface area (Å²) >= 11 is 0. The summed E-state index contributed by atoms with van der Waals surface area (Å²) in [6.07, 6.45) is 0. The van der Waals surface area contributed by atoms with Gasteiger partial charge in [-0.1, -0.05) is 158 Å². The van der Waals surface area contributed by atoms with E-state index >= 15 is 0 Å². The molecule has 0 spiro atoms. The molecular weight excluding hydrogens is 705 g/mol. The first-order chi connectivity index (χ1) is 28.8. The molecule has 12 aromatic rings. The third-order valence-electron chi connectivity index (χ3n) is 11.7. The Morgan fingerprint density at radius 2 is 0.897 bits per heavy atom. The van der Waals surface area contributed by atoms with E-state index < -0.39 is 0 Å². The van der Waals surface area contributed by atoms with Crippen LogP contribution in [0.15, 0.2) is 206 Å². The number of rotatable bonds is 5. The van der Waals surface area contributed by atoms with E-state index in [0.717, 1.165) is 77.8 Å². The van der Waals surface area contributed by atoms with Crippen molar-refractivity contribution in [2.45, 2.75) is 0 Å². The summed E-state index contributed by atoms with van der Waals surface area (Å²) in [6, 6.07) is 73.8. The van der Waals surface area contributed by atoms with Gasteiger partial charge in [0.25, 0.3) is 0 Å². The maximum Gasteiger partial charge on any atom is 0.146 e. The molecule has 4 heterocycles. The number of nitrogens with zero attached hydrogens (tertiary/aromatic N) is 4. The number of hydrogen-bond acceptors (Lipinski definition) is 2. The fraction of sp³-hybridized carbons (Fsp3) is 0. The summed E-state index contributed by atoms with van der Waals surface area (Å²) in [6.45, 7) is 0. The third kappa shape index (κ3) is 5.02. The number of fused-ring (bicyclic) bond motifs is 12. The summed E-state index contributed by atoms with van der Waals surface area (Å²) in [5.74, 6) is 0.862. The minimum atomic E-state index is 0.862. The second-order valence-corrected chi connectivity index (χ2v) is 15.0. The van der Waals surface area contributed by atoms with Crippen molar-refractivity contribution >= 4 is 60.2 Å². The summed E-state index contributed by atoms with van der Waals surface area (Å²) in [7, 11) is 0. The molecule has 4 nitrogen and oxygen atoms in total. The molecule has 0 amide bonds. The molecule has 8 aromatic carbocycles. The van der Waals surface area contributed by atoms with Crippen LogP contribution in [0, 0.1) is 0 Å². The maximum atomic E-state index is 5.62. The van der Waals surface area contributed by atoms with Crippen molar-refractivity contribution in [2.24, 2.45) is 0 Å². The van der Waals surface area contributed by atoms with E-state index in [1.165, 1.54) is 32.8 Å². The molecule has 0 saturated carbocycles. The Bertz CT molecular complexity index is 3460. The van der Waals surface area contributed by atoms with Crippen molar-refractivity contribution in [3.8, 4) is 50.5 Å². The lowest BCUT2D eigenvalue weighted by Crippen LogP contribution is -2.01. The second kappa shape index (κ2) is 12.9. The van der Waals surface area contributed by atoms with Crippen LogP contribution < -0.4 is 0 Å². The van der Waals surface area contributed by atoms with Crippen LogP contribution in [0.4, 0.5) is 0 Å². The predicted octanol–water partition coefficient (Wildman–Crippen LogP) is 14.0. The highest BCUT2D eigenvalue weighted by atomic mass is 15.1. The Morgan fingerprint density at radius 1 is 0.328 bits per heavy atom. The van der Waals surface area contributed by atoms with E-state index in [2.05, 4.69) is 215 Å². The topological polar surface area (TPSA) is 35.1 Å². The Balaban J connectivity index is 1.20. The maximum absolute atomic E-state index is 5.62. The Morgan fingerprint density at radius 3 is 1.64 bits per heavy atom. The average molecular weight is 739 g/mol. The van der Waals surface area contributed by atoms with Gasteiger partial charge >= 0.3 is 0 Å². The van der Waals surface area contributed by atoms with E-state index in [9.17, 15) is 0 Å². The molecule has 0 N–H and O–H groups in total. The quantitative estimate of drug-likeness (QED) is 0.165. The molecule has 0 aliphatic heterocycles. The molecule has 0 aliphatic carbocycles. The van der Waals surface area contributed by atoms with Gasteiger partial charge in [0.2, 0.25) is 0 Å². The van der Waals surface area contributed by atoms with E-state index in [1.54, 1.807) is 0 Å². The molecule has 58 heavy (non-hydrogen) atoms. The first-order valence-electron chi connectivity index (χ1n) is 19.7. The number of aromatic nitrogens is 4. The first-order valence-corrected chi connectivity index (χ1v) is 19.7. The molecule has 0 aliphatic rings. The normalized spacial score (nSPS) is 11.8. The van der Waals surface area contributed by atoms with Crippen LogP contribution in [-0.2, 0) is 0 Å². The number of benzene rings is 8. The lowest BCUT2D eigenvalue weighted by Gasteiger charge is -2.16. The molecule has 0 radical (unpaired) electrons. The first kappa shape index (κ1) is 32.4. The van der Waals surface area contributed by atoms with E-state index in [-0.39, 0.29) is 0 Å². The fourth-order valence-electron chi connectivity index (χ4n) is 9.03. The molecule has 0 fully saturated rings. The Hall–Kier alpha value is -7.82.